The van der Waals surface area contributed by atoms with Gasteiger partial charge in [0, 0.05) is 29.9 Å². The zero-order chi connectivity index (χ0) is 10.1. The fourth-order valence-corrected chi connectivity index (χ4v) is 2.25. The lowest BCUT2D eigenvalue weighted by Crippen LogP contribution is -2.21. The molecule has 0 N–H and O–H groups in total. The molecule has 0 aromatic carbocycles. The van der Waals surface area contributed by atoms with E-state index < -0.39 is 11.1 Å². The van der Waals surface area contributed by atoms with E-state index in [2.05, 4.69) is 4.98 Å². The van der Waals surface area contributed by atoms with Gasteiger partial charge < -0.3 is 4.55 Å². The van der Waals surface area contributed by atoms with Gasteiger partial charge in [0.1, 0.15) is 0 Å². The van der Waals surface area contributed by atoms with Crippen LogP contribution in [0.25, 0.3) is 0 Å². The average Bonchev–Trinajstić information content (AvgIpc) is 2.47. The smallest absolute Gasteiger partial charge is 0.0620 e. The van der Waals surface area contributed by atoms with Gasteiger partial charge in [-0.05, 0) is 17.1 Å². The van der Waals surface area contributed by atoms with Gasteiger partial charge in [0.25, 0.3) is 0 Å². The van der Waals surface area contributed by atoms with Crippen LogP contribution in [0.15, 0.2) is 12.3 Å². The summed E-state index contributed by atoms with van der Waals surface area (Å²) in [5.74, 6) is 0.0344. The molecule has 2 heterocycles. The van der Waals surface area contributed by atoms with Crippen LogP contribution in [0.5, 0.6) is 0 Å². The number of halogens is 1. The molecule has 0 saturated heterocycles. The van der Waals surface area contributed by atoms with Crippen LogP contribution in [-0.2, 0) is 24.2 Å². The van der Waals surface area contributed by atoms with Crippen LogP contribution in [0.1, 0.15) is 11.3 Å². The molecule has 1 aromatic rings. The second-order valence-corrected chi connectivity index (χ2v) is 4.41. The van der Waals surface area contributed by atoms with Crippen molar-refractivity contribution in [3.05, 3.63) is 28.5 Å². The van der Waals surface area contributed by atoms with E-state index in [0.717, 1.165) is 11.3 Å². The van der Waals surface area contributed by atoms with Gasteiger partial charge in [-0.1, -0.05) is 11.6 Å². The third kappa shape index (κ3) is 1.95. The molecule has 76 valence electrons. The predicted octanol–water partition coefficient (Wildman–Crippen LogP) is 0.887. The molecule has 1 aromatic heterocycles. The van der Waals surface area contributed by atoms with Crippen LogP contribution in [-0.4, -0.2) is 24.5 Å². The quantitative estimate of drug-likeness (QED) is 0.710. The first kappa shape index (κ1) is 10.0. The van der Waals surface area contributed by atoms with Crippen molar-refractivity contribution in [1.29, 1.82) is 0 Å². The van der Waals surface area contributed by atoms with Crippen molar-refractivity contribution in [2.24, 2.45) is 0 Å². The second-order valence-electron chi connectivity index (χ2n) is 3.14. The summed E-state index contributed by atoms with van der Waals surface area (Å²) in [6, 6.07) is 1.72. The Morgan fingerprint density at radius 3 is 3.07 bits per heavy atom. The molecular formula is C8H8ClN2O2S-. The Bertz CT molecular complexity index is 386. The number of nitrogens with zero attached hydrogens (tertiary/aromatic N) is 2. The molecule has 1 unspecified atom stereocenters. The summed E-state index contributed by atoms with van der Waals surface area (Å²) < 4.78 is 21.0. The van der Waals surface area contributed by atoms with Gasteiger partial charge in [0.05, 0.1) is 11.6 Å². The summed E-state index contributed by atoms with van der Waals surface area (Å²) in [6.07, 6.45) is 1.64. The van der Waals surface area contributed by atoms with E-state index >= 15 is 0 Å². The SMILES string of the molecule is O=S([O-])CN1Cc2nccc(Cl)c2C1. The highest BCUT2D eigenvalue weighted by molar-refractivity contribution is 7.79. The van der Waals surface area contributed by atoms with E-state index in [1.807, 2.05) is 0 Å². The van der Waals surface area contributed by atoms with Crippen LogP contribution in [0.4, 0.5) is 0 Å². The lowest BCUT2D eigenvalue weighted by atomic mass is 10.2. The zero-order valence-electron chi connectivity index (χ0n) is 7.27. The molecule has 14 heavy (non-hydrogen) atoms. The van der Waals surface area contributed by atoms with Crippen molar-refractivity contribution in [2.75, 3.05) is 5.88 Å². The van der Waals surface area contributed by atoms with Crippen molar-refractivity contribution >= 4 is 22.7 Å². The molecule has 0 radical (unpaired) electrons. The Morgan fingerprint density at radius 2 is 2.43 bits per heavy atom. The minimum Gasteiger partial charge on any atom is -0.771 e. The van der Waals surface area contributed by atoms with E-state index in [-0.39, 0.29) is 5.88 Å². The highest BCUT2D eigenvalue weighted by Gasteiger charge is 2.21. The summed E-state index contributed by atoms with van der Waals surface area (Å²) in [5, 5.41) is 0.661. The molecule has 6 heteroatoms. The number of fused-ring (bicyclic) bond motifs is 1. The van der Waals surface area contributed by atoms with Gasteiger partial charge in [-0.15, -0.1) is 0 Å². The molecule has 0 saturated carbocycles. The standard InChI is InChI=1S/C8H9ClN2O2S/c9-7-1-2-10-8-4-11(3-6(7)8)5-14(12)13/h1-2H,3-5H2,(H,12,13)/p-1. The topological polar surface area (TPSA) is 56.3 Å². The minimum absolute atomic E-state index is 0.0344. The van der Waals surface area contributed by atoms with Crippen molar-refractivity contribution in [3.63, 3.8) is 0 Å². The van der Waals surface area contributed by atoms with E-state index in [1.54, 1.807) is 17.2 Å². The zero-order valence-corrected chi connectivity index (χ0v) is 8.85. The Kier molecular flexibility index (Phi) is 2.83. The van der Waals surface area contributed by atoms with Crippen LogP contribution < -0.4 is 0 Å². The first-order valence-corrected chi connectivity index (χ1v) is 5.69. The van der Waals surface area contributed by atoms with Crippen molar-refractivity contribution in [1.82, 2.24) is 9.88 Å². The Balaban J connectivity index is 2.18. The highest BCUT2D eigenvalue weighted by Crippen LogP contribution is 2.26. The maximum absolute atomic E-state index is 10.5. The Hall–Kier alpha value is -0.490. The molecule has 0 aliphatic carbocycles. The summed E-state index contributed by atoms with van der Waals surface area (Å²) >= 11 is 3.91. The number of hydrogen-bond acceptors (Lipinski definition) is 4. The van der Waals surface area contributed by atoms with Gasteiger partial charge in [0.2, 0.25) is 0 Å². The van der Waals surface area contributed by atoms with Gasteiger partial charge in [-0.25, -0.2) is 0 Å². The van der Waals surface area contributed by atoms with E-state index in [4.69, 9.17) is 11.6 Å². The first-order chi connectivity index (χ1) is 6.66. The number of hydrogen-bond donors (Lipinski definition) is 0. The van der Waals surface area contributed by atoms with Crippen LogP contribution in [0.3, 0.4) is 0 Å². The third-order valence-corrected chi connectivity index (χ3v) is 3.06. The normalized spacial score (nSPS) is 18.1. The molecule has 1 atom stereocenters. The van der Waals surface area contributed by atoms with Gasteiger partial charge >= 0.3 is 0 Å². The summed E-state index contributed by atoms with van der Waals surface area (Å²) in [7, 11) is 0. The van der Waals surface area contributed by atoms with Gasteiger partial charge in [0.15, 0.2) is 0 Å². The minimum atomic E-state index is -2.05. The maximum Gasteiger partial charge on any atom is 0.0620 e. The molecule has 1 aliphatic rings. The van der Waals surface area contributed by atoms with Gasteiger partial charge in [-0.3, -0.25) is 14.1 Å². The molecule has 0 amide bonds. The molecule has 0 fully saturated rings. The lowest BCUT2D eigenvalue weighted by Gasteiger charge is -2.15. The van der Waals surface area contributed by atoms with Crippen molar-refractivity contribution in [2.45, 2.75) is 13.1 Å². The number of pyridine rings is 1. The van der Waals surface area contributed by atoms with Crippen LogP contribution >= 0.6 is 11.6 Å². The molecule has 1 aliphatic heterocycles. The third-order valence-electron chi connectivity index (χ3n) is 2.13. The summed E-state index contributed by atoms with van der Waals surface area (Å²) in [4.78, 5) is 5.93. The fraction of sp³-hybridized carbons (Fsp3) is 0.375. The molecule has 2 rings (SSSR count). The van der Waals surface area contributed by atoms with Crippen molar-refractivity contribution in [3.8, 4) is 0 Å². The molecule has 4 nitrogen and oxygen atoms in total. The van der Waals surface area contributed by atoms with E-state index in [1.165, 1.54) is 0 Å². The highest BCUT2D eigenvalue weighted by atomic mass is 35.5. The average molecular weight is 232 g/mol. The largest absolute Gasteiger partial charge is 0.771 e. The Morgan fingerprint density at radius 1 is 1.64 bits per heavy atom. The summed E-state index contributed by atoms with van der Waals surface area (Å²) in [5.41, 5.74) is 1.82. The number of aromatic nitrogens is 1. The predicted molar refractivity (Wildman–Crippen MR) is 52.3 cm³/mol. The molecule has 0 bridgehead atoms. The molecule has 0 spiro atoms. The fourth-order valence-electron chi connectivity index (χ4n) is 1.54. The first-order valence-electron chi connectivity index (χ1n) is 4.07. The second kappa shape index (κ2) is 3.94. The van der Waals surface area contributed by atoms with E-state index in [0.29, 0.717) is 18.1 Å². The van der Waals surface area contributed by atoms with Crippen molar-refractivity contribution < 1.29 is 8.76 Å². The Labute approximate surface area is 89.2 Å². The van der Waals surface area contributed by atoms with E-state index in [9.17, 15) is 8.76 Å². The number of rotatable bonds is 2. The van der Waals surface area contributed by atoms with Crippen LogP contribution in [0, 0.1) is 0 Å². The lowest BCUT2D eigenvalue weighted by molar-refractivity contribution is 0.323. The monoisotopic (exact) mass is 231 g/mol. The van der Waals surface area contributed by atoms with Crippen LogP contribution in [0.2, 0.25) is 5.02 Å². The summed E-state index contributed by atoms with van der Waals surface area (Å²) in [6.45, 7) is 1.12. The molecular weight excluding hydrogens is 224 g/mol. The van der Waals surface area contributed by atoms with Gasteiger partial charge in [-0.2, -0.15) is 0 Å². The maximum atomic E-state index is 10.5.